The molecule has 4 aromatic heterocycles. The van der Waals surface area contributed by atoms with Crippen LogP contribution in [0.2, 0.25) is 0 Å². The molecule has 0 aliphatic rings. The Balaban J connectivity index is 1.52. The summed E-state index contributed by atoms with van der Waals surface area (Å²) in [5.41, 5.74) is 5.55. The molecule has 7 nitrogen and oxygen atoms in total. The van der Waals surface area contributed by atoms with Crippen molar-refractivity contribution in [2.45, 2.75) is 0 Å². The number of aromatic nitrogens is 6. The second-order valence-corrected chi connectivity index (χ2v) is 7.39. The van der Waals surface area contributed by atoms with E-state index < -0.39 is 5.82 Å². The first-order valence-electron chi connectivity index (χ1n) is 9.90. The van der Waals surface area contributed by atoms with E-state index in [1.807, 2.05) is 36.4 Å². The van der Waals surface area contributed by atoms with Gasteiger partial charge in [0, 0.05) is 35.0 Å². The van der Waals surface area contributed by atoms with Gasteiger partial charge in [-0.25, -0.2) is 9.37 Å². The van der Waals surface area contributed by atoms with Gasteiger partial charge in [0.1, 0.15) is 22.8 Å². The number of imidazole rings is 1. The summed E-state index contributed by atoms with van der Waals surface area (Å²) in [6.07, 6.45) is 3.37. The van der Waals surface area contributed by atoms with Gasteiger partial charge in [-0.1, -0.05) is 12.1 Å². The number of hydrogen-bond acceptors (Lipinski definition) is 5. The van der Waals surface area contributed by atoms with Crippen LogP contribution in [-0.4, -0.2) is 35.2 Å². The number of phenols is 1. The van der Waals surface area contributed by atoms with E-state index in [0.717, 1.165) is 33.7 Å². The molecule has 0 amide bonds. The molecule has 0 aliphatic heterocycles. The monoisotopic (exact) mass is 422 g/mol. The first-order valence-corrected chi connectivity index (χ1v) is 9.90. The minimum Gasteiger partial charge on any atom is -0.508 e. The molecule has 154 valence electrons. The number of rotatable bonds is 3. The molecule has 0 fully saturated rings. The van der Waals surface area contributed by atoms with Crippen LogP contribution in [0.3, 0.4) is 0 Å². The largest absolute Gasteiger partial charge is 0.508 e. The minimum absolute atomic E-state index is 0.171. The van der Waals surface area contributed by atoms with Crippen LogP contribution in [-0.2, 0) is 0 Å². The lowest BCUT2D eigenvalue weighted by Gasteiger charge is -2.03. The molecule has 0 bridgehead atoms. The lowest BCUT2D eigenvalue weighted by molar-refractivity contribution is 0.469. The van der Waals surface area contributed by atoms with Gasteiger partial charge in [-0.15, -0.1) is 0 Å². The Hall–Kier alpha value is -4.59. The van der Waals surface area contributed by atoms with Gasteiger partial charge < -0.3 is 10.1 Å². The summed E-state index contributed by atoms with van der Waals surface area (Å²) >= 11 is 0. The number of nitrogens with zero attached hydrogens (tertiary/aromatic N) is 4. The average Bonchev–Trinajstić information content (AvgIpc) is 3.42. The number of aromatic amines is 2. The van der Waals surface area contributed by atoms with Crippen molar-refractivity contribution in [3.8, 4) is 39.8 Å². The summed E-state index contributed by atoms with van der Waals surface area (Å²) in [4.78, 5) is 16.8. The predicted molar refractivity (Wildman–Crippen MR) is 119 cm³/mol. The second-order valence-electron chi connectivity index (χ2n) is 7.39. The molecular formula is C24H15FN6O. The molecular weight excluding hydrogens is 407 g/mol. The van der Waals surface area contributed by atoms with Crippen LogP contribution in [0.1, 0.15) is 0 Å². The standard InChI is InChI=1S/C24H15FN6O/c25-15-9-14(10-16(32)12-15)21-23-20(6-8-27-21)28-24(29-23)22-17-11-13(4-5-19(17)30-31-22)18-3-1-2-7-26-18/h1-12,32H,(H,28,29)(H,30,31). The number of nitrogens with one attached hydrogen (secondary N) is 2. The van der Waals surface area contributed by atoms with Gasteiger partial charge in [-0.05, 0) is 42.5 Å². The maximum absolute atomic E-state index is 13.9. The van der Waals surface area contributed by atoms with E-state index in [0.29, 0.717) is 28.3 Å². The van der Waals surface area contributed by atoms with Crippen LogP contribution in [0.25, 0.3) is 56.0 Å². The van der Waals surface area contributed by atoms with Gasteiger partial charge >= 0.3 is 0 Å². The van der Waals surface area contributed by atoms with Gasteiger partial charge in [-0.2, -0.15) is 5.10 Å². The summed E-state index contributed by atoms with van der Waals surface area (Å²) in [7, 11) is 0. The summed E-state index contributed by atoms with van der Waals surface area (Å²) in [6.45, 7) is 0. The minimum atomic E-state index is -0.546. The number of halogens is 1. The van der Waals surface area contributed by atoms with Crippen molar-refractivity contribution >= 4 is 21.9 Å². The molecule has 0 aliphatic carbocycles. The summed E-state index contributed by atoms with van der Waals surface area (Å²) in [6, 6.07) is 17.4. The Morgan fingerprint density at radius 3 is 2.59 bits per heavy atom. The quantitative estimate of drug-likeness (QED) is 0.369. The zero-order chi connectivity index (χ0) is 21.7. The number of aromatic hydroxyl groups is 1. The van der Waals surface area contributed by atoms with E-state index in [9.17, 15) is 9.50 Å². The van der Waals surface area contributed by atoms with Crippen LogP contribution < -0.4 is 0 Å². The van der Waals surface area contributed by atoms with E-state index in [4.69, 9.17) is 4.98 Å². The summed E-state index contributed by atoms with van der Waals surface area (Å²) in [5, 5.41) is 18.2. The third-order valence-electron chi connectivity index (χ3n) is 5.30. The van der Waals surface area contributed by atoms with Crippen molar-refractivity contribution in [3.05, 3.63) is 78.9 Å². The van der Waals surface area contributed by atoms with Crippen LogP contribution >= 0.6 is 0 Å². The van der Waals surface area contributed by atoms with Gasteiger partial charge in [0.15, 0.2) is 5.82 Å². The number of phenolic OH excluding ortho intramolecular Hbond substituents is 1. The summed E-state index contributed by atoms with van der Waals surface area (Å²) in [5.74, 6) is -0.163. The zero-order valence-electron chi connectivity index (χ0n) is 16.5. The Kier molecular flexibility index (Phi) is 3.97. The molecule has 4 heterocycles. The Morgan fingerprint density at radius 1 is 0.812 bits per heavy atom. The SMILES string of the molecule is Oc1cc(F)cc(-c2nccc3[nH]c(-c4n[nH]c5ccc(-c6ccccn6)cc45)nc23)c1. The fourth-order valence-corrected chi connectivity index (χ4v) is 3.86. The molecule has 6 rings (SSSR count). The van der Waals surface area contributed by atoms with Crippen LogP contribution in [0, 0.1) is 5.82 Å². The Bertz CT molecular complexity index is 1590. The molecule has 0 saturated heterocycles. The molecule has 8 heteroatoms. The lowest BCUT2D eigenvalue weighted by Crippen LogP contribution is -1.87. The maximum Gasteiger partial charge on any atom is 0.159 e. The topological polar surface area (TPSA) is 103 Å². The highest BCUT2D eigenvalue weighted by Crippen LogP contribution is 2.33. The van der Waals surface area contributed by atoms with E-state index in [2.05, 4.69) is 25.1 Å². The number of benzene rings is 2. The normalized spacial score (nSPS) is 11.4. The van der Waals surface area contributed by atoms with Crippen molar-refractivity contribution in [1.82, 2.24) is 30.1 Å². The third-order valence-corrected chi connectivity index (χ3v) is 5.30. The number of fused-ring (bicyclic) bond motifs is 2. The fourth-order valence-electron chi connectivity index (χ4n) is 3.86. The molecule has 2 aromatic carbocycles. The van der Waals surface area contributed by atoms with Gasteiger partial charge in [0.05, 0.1) is 22.4 Å². The lowest BCUT2D eigenvalue weighted by atomic mass is 10.1. The highest BCUT2D eigenvalue weighted by molar-refractivity contribution is 5.97. The van der Waals surface area contributed by atoms with Crippen molar-refractivity contribution < 1.29 is 9.50 Å². The maximum atomic E-state index is 13.9. The molecule has 3 N–H and O–H groups in total. The first-order chi connectivity index (χ1) is 15.7. The predicted octanol–water partition coefficient (Wildman–Crippen LogP) is 5.07. The molecule has 0 unspecified atom stereocenters. The van der Waals surface area contributed by atoms with E-state index in [1.54, 1.807) is 18.5 Å². The smallest absolute Gasteiger partial charge is 0.159 e. The zero-order valence-corrected chi connectivity index (χ0v) is 16.5. The van der Waals surface area contributed by atoms with Crippen molar-refractivity contribution in [2.24, 2.45) is 0 Å². The second kappa shape index (κ2) is 6.98. The number of pyridine rings is 2. The highest BCUT2D eigenvalue weighted by Gasteiger charge is 2.17. The molecule has 0 spiro atoms. The molecule has 32 heavy (non-hydrogen) atoms. The first kappa shape index (κ1) is 18.2. The molecule has 0 radical (unpaired) electrons. The third kappa shape index (κ3) is 2.97. The van der Waals surface area contributed by atoms with Crippen LogP contribution in [0.5, 0.6) is 5.75 Å². The van der Waals surface area contributed by atoms with E-state index in [1.165, 1.54) is 12.1 Å². The van der Waals surface area contributed by atoms with Crippen LogP contribution in [0.15, 0.2) is 73.1 Å². The number of H-pyrrole nitrogens is 2. The summed E-state index contributed by atoms with van der Waals surface area (Å²) < 4.78 is 13.9. The number of hydrogen-bond donors (Lipinski definition) is 3. The van der Waals surface area contributed by atoms with Crippen molar-refractivity contribution in [3.63, 3.8) is 0 Å². The van der Waals surface area contributed by atoms with Gasteiger partial charge in [-0.3, -0.25) is 15.1 Å². The van der Waals surface area contributed by atoms with Crippen molar-refractivity contribution in [2.75, 3.05) is 0 Å². The van der Waals surface area contributed by atoms with Gasteiger partial charge in [0.2, 0.25) is 0 Å². The molecule has 6 aromatic rings. The molecule has 0 saturated carbocycles. The van der Waals surface area contributed by atoms with E-state index >= 15 is 0 Å². The van der Waals surface area contributed by atoms with Crippen LogP contribution in [0.4, 0.5) is 4.39 Å². The highest BCUT2D eigenvalue weighted by atomic mass is 19.1. The fraction of sp³-hybridized carbons (Fsp3) is 0. The average molecular weight is 422 g/mol. The van der Waals surface area contributed by atoms with E-state index in [-0.39, 0.29) is 5.75 Å². The Labute approximate surface area is 180 Å². The Morgan fingerprint density at radius 2 is 1.75 bits per heavy atom. The van der Waals surface area contributed by atoms with Crippen molar-refractivity contribution in [1.29, 1.82) is 0 Å². The molecule has 0 atom stereocenters. The van der Waals surface area contributed by atoms with Gasteiger partial charge in [0.25, 0.3) is 0 Å².